The van der Waals surface area contributed by atoms with Gasteiger partial charge < -0.3 is 24.6 Å². The molecule has 0 fully saturated rings. The number of nitrogens with one attached hydrogen (secondary N) is 1. The van der Waals surface area contributed by atoms with Crippen LogP contribution in [0.1, 0.15) is 49.0 Å². The summed E-state index contributed by atoms with van der Waals surface area (Å²) in [6.45, 7) is 4.64. The van der Waals surface area contributed by atoms with Gasteiger partial charge in [-0.2, -0.15) is 0 Å². The number of phenolic OH excluding ortho intramolecular Hbond substituents is 1. The van der Waals surface area contributed by atoms with Crippen LogP contribution < -0.4 is 10.1 Å². The smallest absolute Gasteiger partial charge is 0.336 e. The average Bonchev–Trinajstić information content (AvgIpc) is 3.36. The van der Waals surface area contributed by atoms with Gasteiger partial charge in [0.25, 0.3) is 0 Å². The SMILES string of the molecule is CCOCCOC(=O)C1=C(C)NC2=C(C(=O)CC(c3cccs3)C2)C1c1ccc(OC)c(O)c1. The van der Waals surface area contributed by atoms with E-state index in [1.165, 1.54) is 12.0 Å². The van der Waals surface area contributed by atoms with Crippen LogP contribution in [-0.2, 0) is 19.1 Å². The minimum atomic E-state index is -0.649. The number of carbonyl (C=O) groups excluding carboxylic acids is 2. The number of Topliss-reactive ketones (excluding diaryl/α,β-unsaturated/α-hetero) is 1. The van der Waals surface area contributed by atoms with E-state index in [1.54, 1.807) is 29.5 Å². The maximum absolute atomic E-state index is 13.5. The molecule has 8 heteroatoms. The van der Waals surface area contributed by atoms with Gasteiger partial charge in [-0.25, -0.2) is 4.79 Å². The maximum Gasteiger partial charge on any atom is 0.336 e. The third kappa shape index (κ3) is 4.74. The van der Waals surface area contributed by atoms with Gasteiger partial charge in [0.1, 0.15) is 6.61 Å². The highest BCUT2D eigenvalue weighted by atomic mass is 32.1. The van der Waals surface area contributed by atoms with E-state index in [1.807, 2.05) is 25.3 Å². The van der Waals surface area contributed by atoms with E-state index < -0.39 is 11.9 Å². The number of carbonyl (C=O) groups is 2. The molecule has 2 unspecified atom stereocenters. The molecule has 7 nitrogen and oxygen atoms in total. The van der Waals surface area contributed by atoms with Gasteiger partial charge >= 0.3 is 5.97 Å². The molecule has 0 radical (unpaired) electrons. The first-order valence-corrected chi connectivity index (χ1v) is 12.2. The molecule has 4 rings (SSSR count). The number of ether oxygens (including phenoxy) is 3. The number of hydrogen-bond donors (Lipinski definition) is 2. The van der Waals surface area contributed by atoms with Crippen LogP contribution in [0.2, 0.25) is 0 Å². The molecule has 2 aromatic rings. The summed E-state index contributed by atoms with van der Waals surface area (Å²) in [5.74, 6) is -0.812. The number of aromatic hydroxyl groups is 1. The molecule has 2 aliphatic rings. The summed E-state index contributed by atoms with van der Waals surface area (Å²) in [5.41, 5.74) is 3.01. The Bertz CT molecular complexity index is 1130. The molecular weight excluding hydrogens is 454 g/mol. The van der Waals surface area contributed by atoms with Crippen molar-refractivity contribution in [3.8, 4) is 11.5 Å². The Morgan fingerprint density at radius 2 is 2.06 bits per heavy atom. The van der Waals surface area contributed by atoms with Crippen LogP contribution in [0.3, 0.4) is 0 Å². The van der Waals surface area contributed by atoms with Crippen LogP contribution in [0.25, 0.3) is 0 Å². The predicted octanol–water partition coefficient (Wildman–Crippen LogP) is 4.40. The van der Waals surface area contributed by atoms with Gasteiger partial charge in [-0.05, 0) is 49.4 Å². The number of dihydropyridines is 1. The van der Waals surface area contributed by atoms with Gasteiger partial charge in [-0.15, -0.1) is 11.3 Å². The van der Waals surface area contributed by atoms with E-state index in [0.717, 1.165) is 5.70 Å². The molecule has 2 N–H and O–H groups in total. The Morgan fingerprint density at radius 3 is 2.74 bits per heavy atom. The lowest BCUT2D eigenvalue weighted by Crippen LogP contribution is -2.36. The molecular formula is C26H29NO6S. The van der Waals surface area contributed by atoms with Crippen LogP contribution in [0.4, 0.5) is 0 Å². The van der Waals surface area contributed by atoms with E-state index in [2.05, 4.69) is 11.4 Å². The number of allylic oxidation sites excluding steroid dienone is 3. The largest absolute Gasteiger partial charge is 0.504 e. The second kappa shape index (κ2) is 10.4. The number of phenols is 1. The number of hydrogen-bond acceptors (Lipinski definition) is 8. The van der Waals surface area contributed by atoms with E-state index >= 15 is 0 Å². The Labute approximate surface area is 203 Å². The van der Waals surface area contributed by atoms with Crippen molar-refractivity contribution in [1.82, 2.24) is 5.32 Å². The Hall–Kier alpha value is -3.10. The quantitative estimate of drug-likeness (QED) is 0.424. The van der Waals surface area contributed by atoms with E-state index in [4.69, 9.17) is 14.2 Å². The lowest BCUT2D eigenvalue weighted by Gasteiger charge is -2.36. The molecule has 2 atom stereocenters. The monoisotopic (exact) mass is 483 g/mol. The van der Waals surface area contributed by atoms with Crippen molar-refractivity contribution in [1.29, 1.82) is 0 Å². The van der Waals surface area contributed by atoms with Crippen molar-refractivity contribution >= 4 is 23.1 Å². The molecule has 0 saturated heterocycles. The Kier molecular flexibility index (Phi) is 7.38. The van der Waals surface area contributed by atoms with Gasteiger partial charge in [0.15, 0.2) is 17.3 Å². The zero-order chi connectivity index (χ0) is 24.2. The molecule has 1 aliphatic heterocycles. The van der Waals surface area contributed by atoms with Crippen molar-refractivity contribution in [3.05, 3.63) is 68.7 Å². The highest BCUT2D eigenvalue weighted by Crippen LogP contribution is 2.47. The van der Waals surface area contributed by atoms with Crippen molar-refractivity contribution in [3.63, 3.8) is 0 Å². The summed E-state index contributed by atoms with van der Waals surface area (Å²) < 4.78 is 16.0. The van der Waals surface area contributed by atoms with Crippen molar-refractivity contribution < 1.29 is 28.9 Å². The first-order chi connectivity index (χ1) is 16.4. The standard InChI is InChI=1S/C26H29NO6S/c1-4-32-9-10-33-26(30)23-15(2)27-18-12-17(22-6-5-11-34-22)14-20(29)25(18)24(23)16-7-8-21(31-3)19(28)13-16/h5-8,11,13,17,24,27-28H,4,9-10,12,14H2,1-3H3. The molecule has 0 spiro atoms. The number of ketones is 1. The Balaban J connectivity index is 1.74. The molecule has 34 heavy (non-hydrogen) atoms. The van der Waals surface area contributed by atoms with E-state index in [0.29, 0.717) is 54.2 Å². The number of benzene rings is 1. The molecule has 0 saturated carbocycles. The summed E-state index contributed by atoms with van der Waals surface area (Å²) in [4.78, 5) is 27.9. The summed E-state index contributed by atoms with van der Waals surface area (Å²) in [6.07, 6.45) is 1.04. The second-order valence-electron chi connectivity index (χ2n) is 8.30. The fraction of sp³-hybridized carbons (Fsp3) is 0.385. The maximum atomic E-state index is 13.5. The van der Waals surface area contributed by atoms with Crippen molar-refractivity contribution in [2.24, 2.45) is 0 Å². The summed E-state index contributed by atoms with van der Waals surface area (Å²) in [5, 5.41) is 15.8. The highest BCUT2D eigenvalue weighted by molar-refractivity contribution is 7.10. The second-order valence-corrected chi connectivity index (χ2v) is 9.28. The third-order valence-corrected chi connectivity index (χ3v) is 7.23. The van der Waals surface area contributed by atoms with E-state index in [-0.39, 0.29) is 24.1 Å². The summed E-state index contributed by atoms with van der Waals surface area (Å²) in [6, 6.07) is 9.02. The number of rotatable bonds is 8. The van der Waals surface area contributed by atoms with Gasteiger partial charge in [0, 0.05) is 46.7 Å². The molecule has 2 heterocycles. The van der Waals surface area contributed by atoms with Crippen LogP contribution in [0.5, 0.6) is 11.5 Å². The molecule has 1 aromatic heterocycles. The van der Waals surface area contributed by atoms with Crippen LogP contribution in [-0.4, -0.2) is 43.8 Å². The van der Waals surface area contributed by atoms with Gasteiger partial charge in [-0.1, -0.05) is 12.1 Å². The first kappa shape index (κ1) is 24.0. The van der Waals surface area contributed by atoms with Crippen LogP contribution in [0.15, 0.2) is 58.3 Å². The normalized spacial score (nSPS) is 20.1. The molecule has 180 valence electrons. The number of thiophene rings is 1. The van der Waals surface area contributed by atoms with Gasteiger partial charge in [0.05, 0.1) is 19.3 Å². The third-order valence-electron chi connectivity index (χ3n) is 6.19. The first-order valence-electron chi connectivity index (χ1n) is 11.3. The topological polar surface area (TPSA) is 94.1 Å². The van der Waals surface area contributed by atoms with Crippen LogP contribution >= 0.6 is 11.3 Å². The van der Waals surface area contributed by atoms with Crippen LogP contribution in [0, 0.1) is 0 Å². The highest BCUT2D eigenvalue weighted by Gasteiger charge is 2.41. The molecule has 0 bridgehead atoms. The van der Waals surface area contributed by atoms with Gasteiger partial charge in [0.2, 0.25) is 0 Å². The number of esters is 1. The minimum Gasteiger partial charge on any atom is -0.504 e. The molecule has 0 amide bonds. The minimum absolute atomic E-state index is 0.0143. The van der Waals surface area contributed by atoms with Crippen molar-refractivity contribution in [2.75, 3.05) is 26.9 Å². The van der Waals surface area contributed by atoms with E-state index in [9.17, 15) is 14.7 Å². The Morgan fingerprint density at radius 1 is 1.24 bits per heavy atom. The van der Waals surface area contributed by atoms with Crippen molar-refractivity contribution in [2.45, 2.75) is 38.5 Å². The fourth-order valence-electron chi connectivity index (χ4n) is 4.67. The molecule has 1 aliphatic carbocycles. The lowest BCUT2D eigenvalue weighted by molar-refractivity contribution is -0.140. The molecule has 1 aromatic carbocycles. The predicted molar refractivity (Wildman–Crippen MR) is 129 cm³/mol. The van der Waals surface area contributed by atoms with Gasteiger partial charge in [-0.3, -0.25) is 4.79 Å². The number of methoxy groups -OCH3 is 1. The summed E-state index contributed by atoms with van der Waals surface area (Å²) >= 11 is 1.65. The zero-order valence-electron chi connectivity index (χ0n) is 19.6. The summed E-state index contributed by atoms with van der Waals surface area (Å²) in [7, 11) is 1.47. The average molecular weight is 484 g/mol. The zero-order valence-corrected chi connectivity index (χ0v) is 20.4. The fourth-order valence-corrected chi connectivity index (χ4v) is 5.50. The lowest BCUT2D eigenvalue weighted by atomic mass is 9.72.